The van der Waals surface area contributed by atoms with Crippen LogP contribution in [0.4, 0.5) is 10.7 Å². The van der Waals surface area contributed by atoms with E-state index in [1.54, 1.807) is 7.05 Å². The number of anilines is 2. The van der Waals surface area contributed by atoms with E-state index in [1.807, 2.05) is 0 Å². The zero-order valence-electron chi connectivity index (χ0n) is 11.4. The number of amides is 1. The number of nitrogens with zero attached hydrogens (tertiary/aromatic N) is 2. The van der Waals surface area contributed by atoms with E-state index < -0.39 is 0 Å². The van der Waals surface area contributed by atoms with Crippen LogP contribution in [0.1, 0.15) is 35.5 Å². The van der Waals surface area contributed by atoms with E-state index in [2.05, 4.69) is 30.1 Å². The molecule has 2 heterocycles. The second-order valence-corrected chi connectivity index (χ2v) is 6.55. The monoisotopic (exact) mass is 278 g/mol. The summed E-state index contributed by atoms with van der Waals surface area (Å²) >= 11 is 1.31. The molecular weight excluding hydrogens is 260 g/mol. The van der Waals surface area contributed by atoms with Gasteiger partial charge in [-0.25, -0.2) is 0 Å². The van der Waals surface area contributed by atoms with Gasteiger partial charge in [-0.2, -0.15) is 5.26 Å². The van der Waals surface area contributed by atoms with E-state index in [9.17, 15) is 4.79 Å². The highest BCUT2D eigenvalue weighted by Crippen LogP contribution is 2.42. The Kier molecular flexibility index (Phi) is 3.42. The molecule has 2 rings (SSSR count). The number of hydrogen-bond acceptors (Lipinski definition) is 5. The Bertz CT molecular complexity index is 556. The molecule has 1 aliphatic rings. The molecule has 19 heavy (non-hydrogen) atoms. The Morgan fingerprint density at radius 1 is 1.58 bits per heavy atom. The smallest absolute Gasteiger partial charge is 0.256 e. The number of thiophene rings is 1. The predicted molar refractivity (Wildman–Crippen MR) is 77.4 cm³/mol. The molecule has 1 aromatic heterocycles. The average molecular weight is 278 g/mol. The molecule has 3 N–H and O–H groups in total. The van der Waals surface area contributed by atoms with Gasteiger partial charge in [-0.3, -0.25) is 4.79 Å². The van der Waals surface area contributed by atoms with Crippen LogP contribution in [0.25, 0.3) is 0 Å². The van der Waals surface area contributed by atoms with E-state index in [4.69, 9.17) is 11.0 Å². The Hall–Kier alpha value is -1.74. The van der Waals surface area contributed by atoms with Crippen LogP contribution in [-0.4, -0.2) is 26.0 Å². The average Bonchev–Trinajstić information content (AvgIpc) is 2.88. The van der Waals surface area contributed by atoms with E-state index in [0.717, 1.165) is 24.5 Å². The third-order valence-corrected chi connectivity index (χ3v) is 4.62. The van der Waals surface area contributed by atoms with Crippen molar-refractivity contribution in [3.8, 4) is 6.07 Å². The summed E-state index contributed by atoms with van der Waals surface area (Å²) in [6.45, 7) is 6.17. The van der Waals surface area contributed by atoms with Gasteiger partial charge in [-0.15, -0.1) is 11.3 Å². The van der Waals surface area contributed by atoms with Crippen LogP contribution in [0.5, 0.6) is 0 Å². The maximum absolute atomic E-state index is 12.0. The number of nitriles is 1. The first kappa shape index (κ1) is 13.7. The topological polar surface area (TPSA) is 82.2 Å². The van der Waals surface area contributed by atoms with Crippen LogP contribution in [0.3, 0.4) is 0 Å². The van der Waals surface area contributed by atoms with Crippen LogP contribution in [0, 0.1) is 16.7 Å². The van der Waals surface area contributed by atoms with Gasteiger partial charge in [0.15, 0.2) is 0 Å². The molecule has 1 fully saturated rings. The fourth-order valence-electron chi connectivity index (χ4n) is 2.37. The molecule has 1 saturated heterocycles. The van der Waals surface area contributed by atoms with E-state index in [0.29, 0.717) is 16.1 Å². The van der Waals surface area contributed by atoms with Gasteiger partial charge in [0.05, 0.1) is 11.3 Å². The molecule has 5 nitrogen and oxygen atoms in total. The van der Waals surface area contributed by atoms with Crippen molar-refractivity contribution in [1.29, 1.82) is 5.26 Å². The van der Waals surface area contributed by atoms with E-state index >= 15 is 0 Å². The highest BCUT2D eigenvalue weighted by Gasteiger charge is 2.33. The minimum Gasteiger partial charge on any atom is -0.396 e. The van der Waals surface area contributed by atoms with Crippen LogP contribution >= 0.6 is 11.3 Å². The fourth-order valence-corrected chi connectivity index (χ4v) is 3.41. The first-order chi connectivity index (χ1) is 8.89. The van der Waals surface area contributed by atoms with Crippen molar-refractivity contribution in [2.24, 2.45) is 5.41 Å². The molecule has 0 unspecified atom stereocenters. The minimum absolute atomic E-state index is 0.227. The van der Waals surface area contributed by atoms with Gasteiger partial charge in [0.1, 0.15) is 15.9 Å². The Morgan fingerprint density at radius 2 is 2.26 bits per heavy atom. The lowest BCUT2D eigenvalue weighted by atomic mass is 9.93. The quantitative estimate of drug-likeness (QED) is 0.864. The maximum Gasteiger partial charge on any atom is 0.256 e. The molecule has 0 bridgehead atoms. The van der Waals surface area contributed by atoms with Crippen molar-refractivity contribution in [2.45, 2.75) is 20.3 Å². The summed E-state index contributed by atoms with van der Waals surface area (Å²) in [4.78, 5) is 14.6. The SMILES string of the molecule is CNC(=O)c1c(N2CCC(C)(C)C2)sc(C#N)c1N. The van der Waals surface area contributed by atoms with Gasteiger partial charge in [0.25, 0.3) is 5.91 Å². The highest BCUT2D eigenvalue weighted by atomic mass is 32.1. The number of carbonyl (C=O) groups excluding carboxylic acids is 1. The Balaban J connectivity index is 2.46. The van der Waals surface area contributed by atoms with Gasteiger partial charge in [0, 0.05) is 20.1 Å². The summed E-state index contributed by atoms with van der Waals surface area (Å²) < 4.78 is 0. The molecule has 0 aliphatic carbocycles. The predicted octanol–water partition coefficient (Wildman–Crippen LogP) is 1.80. The fraction of sp³-hybridized carbons (Fsp3) is 0.538. The molecule has 102 valence electrons. The Morgan fingerprint density at radius 3 is 2.74 bits per heavy atom. The van der Waals surface area contributed by atoms with Crippen LogP contribution in [0.2, 0.25) is 0 Å². The largest absolute Gasteiger partial charge is 0.396 e. The Labute approximate surface area is 117 Å². The lowest BCUT2D eigenvalue weighted by molar-refractivity contribution is 0.0965. The summed E-state index contributed by atoms with van der Waals surface area (Å²) in [5.74, 6) is -0.227. The van der Waals surface area contributed by atoms with Gasteiger partial charge in [-0.05, 0) is 11.8 Å². The second kappa shape index (κ2) is 4.74. The third kappa shape index (κ3) is 2.38. The lowest BCUT2D eigenvalue weighted by Crippen LogP contribution is -2.26. The second-order valence-electron chi connectivity index (χ2n) is 5.55. The van der Waals surface area contributed by atoms with Gasteiger partial charge >= 0.3 is 0 Å². The van der Waals surface area contributed by atoms with E-state index in [1.165, 1.54) is 11.3 Å². The minimum atomic E-state index is -0.227. The van der Waals surface area contributed by atoms with Crippen molar-refractivity contribution in [3.63, 3.8) is 0 Å². The molecule has 0 atom stereocenters. The summed E-state index contributed by atoms with van der Waals surface area (Å²) in [5.41, 5.74) is 6.90. The molecule has 6 heteroatoms. The summed E-state index contributed by atoms with van der Waals surface area (Å²) in [5, 5.41) is 12.5. The van der Waals surface area contributed by atoms with Crippen molar-refractivity contribution < 1.29 is 4.79 Å². The zero-order valence-corrected chi connectivity index (χ0v) is 12.2. The lowest BCUT2D eigenvalue weighted by Gasteiger charge is -2.21. The van der Waals surface area contributed by atoms with Gasteiger partial charge < -0.3 is 16.0 Å². The first-order valence-electron chi connectivity index (χ1n) is 6.19. The molecule has 1 aliphatic heterocycles. The normalized spacial score (nSPS) is 17.3. The summed E-state index contributed by atoms with van der Waals surface area (Å²) in [7, 11) is 1.57. The van der Waals surface area contributed by atoms with Crippen molar-refractivity contribution in [3.05, 3.63) is 10.4 Å². The number of carbonyl (C=O) groups is 1. The zero-order chi connectivity index (χ0) is 14.2. The number of nitrogens with two attached hydrogens (primary N) is 1. The van der Waals surface area contributed by atoms with Crippen molar-refractivity contribution in [2.75, 3.05) is 30.8 Å². The van der Waals surface area contributed by atoms with Crippen LogP contribution in [0.15, 0.2) is 0 Å². The molecule has 0 radical (unpaired) electrons. The van der Waals surface area contributed by atoms with Gasteiger partial charge in [-0.1, -0.05) is 13.8 Å². The standard InChI is InChI=1S/C13H18N4OS/c1-13(2)4-5-17(7-13)12-9(11(18)16-3)10(15)8(6-14)19-12/h4-5,7,15H2,1-3H3,(H,16,18). The highest BCUT2D eigenvalue weighted by molar-refractivity contribution is 7.17. The first-order valence-corrected chi connectivity index (χ1v) is 7.00. The van der Waals surface area contributed by atoms with Crippen LogP contribution in [-0.2, 0) is 0 Å². The van der Waals surface area contributed by atoms with Crippen LogP contribution < -0.4 is 16.0 Å². The molecule has 0 spiro atoms. The number of rotatable bonds is 2. The van der Waals surface area contributed by atoms with Crippen molar-refractivity contribution >= 4 is 27.9 Å². The third-order valence-electron chi connectivity index (χ3n) is 3.45. The number of nitrogens with one attached hydrogen (secondary N) is 1. The molecule has 0 saturated carbocycles. The molecular formula is C13H18N4OS. The van der Waals surface area contributed by atoms with E-state index in [-0.39, 0.29) is 11.3 Å². The summed E-state index contributed by atoms with van der Waals surface area (Å²) in [6.07, 6.45) is 1.07. The molecule has 1 amide bonds. The van der Waals surface area contributed by atoms with Gasteiger partial charge in [0.2, 0.25) is 0 Å². The summed E-state index contributed by atoms with van der Waals surface area (Å²) in [6, 6.07) is 2.07. The van der Waals surface area contributed by atoms with Crippen molar-refractivity contribution in [1.82, 2.24) is 5.32 Å². The number of hydrogen-bond donors (Lipinski definition) is 2. The number of nitrogen functional groups attached to an aromatic ring is 1. The maximum atomic E-state index is 12.0. The molecule has 1 aromatic rings. The molecule has 0 aromatic carbocycles.